The molecule has 0 saturated heterocycles. The van der Waals surface area contributed by atoms with E-state index in [2.05, 4.69) is 24.9 Å². The average molecular weight is 450 g/mol. The van der Waals surface area contributed by atoms with Crippen LogP contribution in [0.1, 0.15) is 53.3 Å². The number of aromatic nitrogens is 5. The largest absolute Gasteiger partial charge is 0.450 e. The van der Waals surface area contributed by atoms with E-state index < -0.39 is 11.4 Å². The summed E-state index contributed by atoms with van der Waals surface area (Å²) in [6, 6.07) is 5.85. The Bertz CT molecular complexity index is 1380. The van der Waals surface area contributed by atoms with Crippen molar-refractivity contribution in [3.05, 3.63) is 70.6 Å². The normalized spacial score (nSPS) is 22.3. The number of carbonyl (C=O) groups excluding carboxylic acids is 1. The topological polar surface area (TPSA) is 93.6 Å². The fourth-order valence-electron chi connectivity index (χ4n) is 4.77. The van der Waals surface area contributed by atoms with Gasteiger partial charge in [0.2, 0.25) is 0 Å². The summed E-state index contributed by atoms with van der Waals surface area (Å²) in [5.74, 6) is 0.744. The molecule has 1 spiro atoms. The summed E-state index contributed by atoms with van der Waals surface area (Å²) < 4.78 is 19.2. The van der Waals surface area contributed by atoms with Crippen molar-refractivity contribution in [2.45, 2.75) is 37.2 Å². The van der Waals surface area contributed by atoms with Crippen LogP contribution in [0.5, 0.6) is 0 Å². The number of halogens is 2. The van der Waals surface area contributed by atoms with Crippen molar-refractivity contribution < 1.29 is 13.9 Å². The van der Waals surface area contributed by atoms with Crippen molar-refractivity contribution in [3.8, 4) is 11.4 Å². The van der Waals surface area contributed by atoms with E-state index in [4.69, 9.17) is 16.3 Å². The number of nitrogens with one attached hydrogen (secondary N) is 1. The van der Waals surface area contributed by atoms with E-state index in [-0.39, 0.29) is 16.9 Å². The van der Waals surface area contributed by atoms with Gasteiger partial charge in [-0.2, -0.15) is 0 Å². The van der Waals surface area contributed by atoms with Crippen LogP contribution in [0, 0.1) is 5.82 Å². The van der Waals surface area contributed by atoms with Gasteiger partial charge in [0, 0.05) is 29.4 Å². The fraction of sp³-hybridized carbons (Fsp3) is 0.261. The number of carbonyl (C=O) groups is 1. The van der Waals surface area contributed by atoms with E-state index in [1.807, 2.05) is 0 Å². The molecule has 1 aliphatic heterocycles. The molecule has 0 atom stereocenters. The minimum atomic E-state index is -0.588. The molecule has 9 heteroatoms. The molecule has 0 bridgehead atoms. The van der Waals surface area contributed by atoms with Gasteiger partial charge in [0.1, 0.15) is 22.8 Å². The van der Waals surface area contributed by atoms with Gasteiger partial charge in [-0.1, -0.05) is 11.6 Å². The van der Waals surface area contributed by atoms with E-state index in [9.17, 15) is 9.18 Å². The number of nitrogens with zero attached hydrogens (tertiary/aromatic N) is 4. The third-order valence-corrected chi connectivity index (χ3v) is 6.74. The highest BCUT2D eigenvalue weighted by Gasteiger charge is 2.48. The van der Waals surface area contributed by atoms with Crippen molar-refractivity contribution in [2.24, 2.45) is 0 Å². The molecule has 1 aliphatic carbocycles. The highest BCUT2D eigenvalue weighted by molar-refractivity contribution is 6.33. The lowest BCUT2D eigenvalue weighted by Crippen LogP contribution is -2.31. The zero-order valence-corrected chi connectivity index (χ0v) is 17.6. The van der Waals surface area contributed by atoms with Crippen LogP contribution < -0.4 is 0 Å². The van der Waals surface area contributed by atoms with E-state index in [0.29, 0.717) is 41.0 Å². The lowest BCUT2D eigenvalue weighted by molar-refractivity contribution is -0.0313. The van der Waals surface area contributed by atoms with Crippen molar-refractivity contribution in [1.29, 1.82) is 0 Å². The smallest absolute Gasteiger partial charge is 0.339 e. The van der Waals surface area contributed by atoms with Gasteiger partial charge >= 0.3 is 5.97 Å². The molecule has 1 aromatic carbocycles. The van der Waals surface area contributed by atoms with Crippen molar-refractivity contribution in [3.63, 3.8) is 0 Å². The highest BCUT2D eigenvalue weighted by Crippen LogP contribution is 2.49. The molecule has 160 valence electrons. The van der Waals surface area contributed by atoms with E-state index in [1.165, 1.54) is 12.1 Å². The van der Waals surface area contributed by atoms with Gasteiger partial charge in [-0.3, -0.25) is 4.98 Å². The van der Waals surface area contributed by atoms with Gasteiger partial charge in [0.15, 0.2) is 11.5 Å². The van der Waals surface area contributed by atoms with Gasteiger partial charge in [-0.15, -0.1) is 0 Å². The van der Waals surface area contributed by atoms with Gasteiger partial charge in [0.05, 0.1) is 16.8 Å². The summed E-state index contributed by atoms with van der Waals surface area (Å²) in [5, 5.41) is 0.252. The first-order chi connectivity index (χ1) is 15.5. The zero-order chi connectivity index (χ0) is 21.9. The molecule has 0 radical (unpaired) electrons. The van der Waals surface area contributed by atoms with Gasteiger partial charge in [-0.05, 0) is 49.9 Å². The second kappa shape index (κ2) is 7.06. The number of ether oxygens (including phenoxy) is 1. The van der Waals surface area contributed by atoms with Gasteiger partial charge in [0.25, 0.3) is 0 Å². The summed E-state index contributed by atoms with van der Waals surface area (Å²) in [5.41, 5.74) is 2.73. The number of esters is 1. The Balaban J connectivity index is 1.26. The zero-order valence-electron chi connectivity index (χ0n) is 16.8. The number of aromatic amines is 1. The van der Waals surface area contributed by atoms with Crippen LogP contribution in [0.3, 0.4) is 0 Å². The Morgan fingerprint density at radius 3 is 2.78 bits per heavy atom. The summed E-state index contributed by atoms with van der Waals surface area (Å²) in [6.07, 6.45) is 8.05. The average Bonchev–Trinajstić information content (AvgIpc) is 3.33. The second-order valence-corrected chi connectivity index (χ2v) is 8.66. The van der Waals surface area contributed by atoms with Crippen LogP contribution in [-0.2, 0) is 10.3 Å². The Hall–Kier alpha value is -3.39. The molecule has 7 nitrogen and oxygen atoms in total. The molecule has 1 fully saturated rings. The summed E-state index contributed by atoms with van der Waals surface area (Å²) in [4.78, 5) is 33.4. The number of pyridine rings is 1. The molecule has 1 N–H and O–H groups in total. The third kappa shape index (κ3) is 2.97. The van der Waals surface area contributed by atoms with E-state index in [1.54, 1.807) is 30.7 Å². The lowest BCUT2D eigenvalue weighted by Gasteiger charge is -2.35. The van der Waals surface area contributed by atoms with Crippen LogP contribution in [0.2, 0.25) is 5.02 Å². The van der Waals surface area contributed by atoms with Crippen molar-refractivity contribution in [2.75, 3.05) is 0 Å². The summed E-state index contributed by atoms with van der Waals surface area (Å²) in [7, 11) is 0. The Morgan fingerprint density at radius 1 is 1.12 bits per heavy atom. The number of rotatable bonds is 2. The molecular weight excluding hydrogens is 433 g/mol. The number of H-pyrrole nitrogens is 1. The van der Waals surface area contributed by atoms with E-state index in [0.717, 1.165) is 24.2 Å². The number of fused-ring (bicyclic) bond motifs is 3. The number of hydrogen-bond acceptors (Lipinski definition) is 6. The fourth-order valence-corrected chi connectivity index (χ4v) is 5.03. The van der Waals surface area contributed by atoms with Crippen LogP contribution in [0.15, 0.2) is 42.9 Å². The first kappa shape index (κ1) is 19.3. The molecular formula is C23H17ClFN5O2. The number of imidazole rings is 1. The van der Waals surface area contributed by atoms with Gasteiger partial charge < -0.3 is 9.72 Å². The first-order valence-electron chi connectivity index (χ1n) is 10.4. The molecule has 1 saturated carbocycles. The molecule has 0 amide bonds. The Kier molecular flexibility index (Phi) is 4.26. The Labute approximate surface area is 187 Å². The molecule has 4 heterocycles. The SMILES string of the molecule is O=C1OC2(CCC(c3nc4cnc(-c5ccc(F)cc5Cl)nc4[nH]3)CC2)c2cnccc21. The second-order valence-electron chi connectivity index (χ2n) is 8.25. The molecule has 4 aromatic rings. The minimum absolute atomic E-state index is 0.187. The molecule has 2 aliphatic rings. The summed E-state index contributed by atoms with van der Waals surface area (Å²) >= 11 is 6.16. The quantitative estimate of drug-likeness (QED) is 0.436. The monoisotopic (exact) mass is 449 g/mol. The molecule has 0 unspecified atom stereocenters. The minimum Gasteiger partial charge on any atom is -0.450 e. The molecule has 32 heavy (non-hydrogen) atoms. The van der Waals surface area contributed by atoms with Crippen LogP contribution >= 0.6 is 11.6 Å². The standard InChI is InChI=1S/C23H17ClFN5O2/c24-17-9-13(25)1-2-15(17)20-27-11-18-21(30-20)29-19(28-18)12-3-6-23(7-4-12)16-10-26-8-5-14(16)22(31)32-23/h1-2,5,8-12H,3-4,6-7H2,(H,27,28,29,30). The van der Waals surface area contributed by atoms with Crippen LogP contribution in [0.4, 0.5) is 4.39 Å². The molecule has 3 aromatic heterocycles. The lowest BCUT2D eigenvalue weighted by atomic mass is 9.75. The van der Waals surface area contributed by atoms with E-state index >= 15 is 0 Å². The summed E-state index contributed by atoms with van der Waals surface area (Å²) in [6.45, 7) is 0. The predicted molar refractivity (Wildman–Crippen MR) is 115 cm³/mol. The van der Waals surface area contributed by atoms with Crippen LogP contribution in [-0.4, -0.2) is 30.9 Å². The Morgan fingerprint density at radius 2 is 1.97 bits per heavy atom. The van der Waals surface area contributed by atoms with Crippen molar-refractivity contribution in [1.82, 2.24) is 24.9 Å². The predicted octanol–water partition coefficient (Wildman–Crippen LogP) is 4.93. The van der Waals surface area contributed by atoms with Crippen molar-refractivity contribution >= 4 is 28.7 Å². The van der Waals surface area contributed by atoms with Crippen LogP contribution in [0.25, 0.3) is 22.6 Å². The number of hydrogen-bond donors (Lipinski definition) is 1. The maximum Gasteiger partial charge on any atom is 0.339 e. The first-order valence-corrected chi connectivity index (χ1v) is 10.8. The van der Waals surface area contributed by atoms with Gasteiger partial charge in [-0.25, -0.2) is 24.1 Å². The number of benzene rings is 1. The maximum atomic E-state index is 13.4. The third-order valence-electron chi connectivity index (χ3n) is 6.43. The molecule has 6 rings (SSSR count). The maximum absolute atomic E-state index is 13.4. The highest BCUT2D eigenvalue weighted by atomic mass is 35.5.